The summed E-state index contributed by atoms with van der Waals surface area (Å²) in [6.07, 6.45) is 13.4. The summed E-state index contributed by atoms with van der Waals surface area (Å²) < 4.78 is 12.7. The number of fused-ring (bicyclic) bond motifs is 5. The van der Waals surface area contributed by atoms with Gasteiger partial charge in [-0.1, -0.05) is 42.8 Å². The highest BCUT2D eigenvalue weighted by Gasteiger charge is 2.37. The van der Waals surface area contributed by atoms with E-state index in [2.05, 4.69) is 57.6 Å². The van der Waals surface area contributed by atoms with Crippen molar-refractivity contribution in [2.75, 3.05) is 32.9 Å². The van der Waals surface area contributed by atoms with Gasteiger partial charge in [0.1, 0.15) is 6.10 Å². The first-order valence-corrected chi connectivity index (χ1v) is 12.9. The molecular weight excluding hydrogens is 428 g/mol. The fraction of sp³-hybridized carbons (Fsp3) is 0.593. The summed E-state index contributed by atoms with van der Waals surface area (Å²) in [5, 5.41) is 3.41. The van der Waals surface area contributed by atoms with Gasteiger partial charge in [0, 0.05) is 45.2 Å². The Morgan fingerprint density at radius 1 is 1.15 bits per heavy atom. The summed E-state index contributed by atoms with van der Waals surface area (Å²) >= 11 is 0. The molecule has 7 nitrogen and oxygen atoms in total. The lowest BCUT2D eigenvalue weighted by atomic mass is 10.0. The summed E-state index contributed by atoms with van der Waals surface area (Å²) in [6.45, 7) is 4.51. The van der Waals surface area contributed by atoms with Crippen LogP contribution in [0, 0.1) is 5.92 Å². The molecule has 5 rings (SSSR count). The Morgan fingerprint density at radius 3 is 2.97 bits per heavy atom. The molecule has 1 aliphatic carbocycles. The lowest BCUT2D eigenvalue weighted by molar-refractivity contribution is -0.122. The SMILES string of the molecule is NC(=O)C1CC2CN1CCNCOC1CCCC1C/C=C\CCN1Cc3ccccc3C=C1O2. The number of nitrogens with two attached hydrogens (primary N) is 1. The molecule has 3 N–H and O–H groups in total. The number of rotatable bonds is 1. The number of nitrogens with one attached hydrogen (secondary N) is 1. The van der Waals surface area contributed by atoms with Crippen LogP contribution in [-0.4, -0.2) is 66.9 Å². The molecule has 5 atom stereocenters. The van der Waals surface area contributed by atoms with E-state index in [0.717, 1.165) is 51.3 Å². The molecular formula is C27H38N4O3. The molecule has 0 spiro atoms. The van der Waals surface area contributed by atoms with Gasteiger partial charge in [-0.05, 0) is 42.7 Å². The van der Waals surface area contributed by atoms with Crippen LogP contribution in [0.5, 0.6) is 0 Å². The number of hydrogen-bond acceptors (Lipinski definition) is 6. The van der Waals surface area contributed by atoms with Gasteiger partial charge in [-0.2, -0.15) is 0 Å². The first-order chi connectivity index (χ1) is 16.7. The van der Waals surface area contributed by atoms with Crippen LogP contribution < -0.4 is 11.1 Å². The van der Waals surface area contributed by atoms with E-state index < -0.39 is 0 Å². The zero-order chi connectivity index (χ0) is 23.3. The normalized spacial score (nSPS) is 33.4. The van der Waals surface area contributed by atoms with Crippen LogP contribution >= 0.6 is 0 Å². The fourth-order valence-electron chi connectivity index (χ4n) is 5.86. The Labute approximate surface area is 202 Å². The molecule has 0 aromatic heterocycles. The molecule has 3 aliphatic heterocycles. The Kier molecular flexibility index (Phi) is 7.52. The standard InChI is InChI=1S/C27H38N4O3/c28-27(32)24-16-23-18-30(24)14-12-29-19-33-25-11-6-10-20(25)7-2-1-5-13-31-17-22-9-4-3-8-21(22)15-26(31)34-23/h1-4,8-9,15,20,23-25,29H,5-7,10-14,16-19H2,(H2,28,32)/b2-1-. The fourth-order valence-corrected chi connectivity index (χ4v) is 5.86. The Balaban J connectivity index is 1.34. The van der Waals surface area contributed by atoms with Crippen molar-refractivity contribution in [2.45, 2.75) is 63.3 Å². The molecule has 2 fully saturated rings. The molecule has 3 heterocycles. The number of amides is 1. The highest BCUT2D eigenvalue weighted by Crippen LogP contribution is 2.32. The summed E-state index contributed by atoms with van der Waals surface area (Å²) in [6, 6.07) is 8.22. The molecule has 1 aromatic rings. The molecule has 2 bridgehead atoms. The van der Waals surface area contributed by atoms with Crippen LogP contribution in [0.3, 0.4) is 0 Å². The van der Waals surface area contributed by atoms with Crippen molar-refractivity contribution in [3.63, 3.8) is 0 Å². The highest BCUT2D eigenvalue weighted by atomic mass is 16.5. The molecule has 1 amide bonds. The van der Waals surface area contributed by atoms with Crippen LogP contribution in [0.25, 0.3) is 6.08 Å². The molecule has 1 saturated heterocycles. The van der Waals surface area contributed by atoms with E-state index in [4.69, 9.17) is 15.2 Å². The third kappa shape index (κ3) is 5.48. The van der Waals surface area contributed by atoms with Crippen molar-refractivity contribution in [1.29, 1.82) is 0 Å². The topological polar surface area (TPSA) is 80.1 Å². The van der Waals surface area contributed by atoms with E-state index in [1.807, 2.05) is 0 Å². The first kappa shape index (κ1) is 23.4. The average Bonchev–Trinajstić information content (AvgIpc) is 3.45. The minimum Gasteiger partial charge on any atom is -0.474 e. The summed E-state index contributed by atoms with van der Waals surface area (Å²) in [5.41, 5.74) is 8.29. The minimum absolute atomic E-state index is 0.0542. The highest BCUT2D eigenvalue weighted by molar-refractivity contribution is 5.80. The molecule has 1 aromatic carbocycles. The van der Waals surface area contributed by atoms with Crippen molar-refractivity contribution < 1.29 is 14.3 Å². The molecule has 5 unspecified atom stereocenters. The number of nitrogens with zero attached hydrogens (tertiary/aromatic N) is 2. The number of hydrogen-bond donors (Lipinski definition) is 2. The predicted octanol–water partition coefficient (Wildman–Crippen LogP) is 2.83. The Bertz CT molecular complexity index is 917. The van der Waals surface area contributed by atoms with E-state index in [9.17, 15) is 4.79 Å². The first-order valence-electron chi connectivity index (χ1n) is 12.9. The largest absolute Gasteiger partial charge is 0.474 e. The van der Waals surface area contributed by atoms with Crippen molar-refractivity contribution in [3.05, 3.63) is 53.4 Å². The maximum atomic E-state index is 12.2. The van der Waals surface area contributed by atoms with Gasteiger partial charge in [0.05, 0.1) is 18.9 Å². The number of carbonyl (C=O) groups is 1. The Hall–Kier alpha value is -2.35. The van der Waals surface area contributed by atoms with Gasteiger partial charge in [0.2, 0.25) is 5.91 Å². The van der Waals surface area contributed by atoms with E-state index in [0.29, 0.717) is 31.7 Å². The van der Waals surface area contributed by atoms with Crippen LogP contribution in [-0.2, 0) is 20.8 Å². The van der Waals surface area contributed by atoms with Crippen molar-refractivity contribution in [1.82, 2.24) is 15.1 Å². The monoisotopic (exact) mass is 466 g/mol. The lowest BCUT2D eigenvalue weighted by Gasteiger charge is -2.33. The van der Waals surface area contributed by atoms with Crippen molar-refractivity contribution in [3.8, 4) is 0 Å². The predicted molar refractivity (Wildman–Crippen MR) is 132 cm³/mol. The van der Waals surface area contributed by atoms with E-state index in [1.54, 1.807) is 0 Å². The second-order valence-electron chi connectivity index (χ2n) is 10.0. The van der Waals surface area contributed by atoms with Crippen molar-refractivity contribution >= 4 is 12.0 Å². The zero-order valence-electron chi connectivity index (χ0n) is 20.0. The molecule has 0 radical (unpaired) electrons. The average molecular weight is 467 g/mol. The maximum Gasteiger partial charge on any atom is 0.234 e. The summed E-state index contributed by atoms with van der Waals surface area (Å²) in [5.74, 6) is 1.24. The van der Waals surface area contributed by atoms with Crippen LogP contribution in [0.15, 0.2) is 42.3 Å². The van der Waals surface area contributed by atoms with E-state index in [1.165, 1.54) is 24.0 Å². The second kappa shape index (κ2) is 10.9. The molecule has 7 heteroatoms. The minimum atomic E-state index is -0.290. The molecule has 4 aliphatic rings. The van der Waals surface area contributed by atoms with Gasteiger partial charge in [0.15, 0.2) is 5.88 Å². The van der Waals surface area contributed by atoms with Crippen LogP contribution in [0.2, 0.25) is 0 Å². The van der Waals surface area contributed by atoms with Gasteiger partial charge in [0.25, 0.3) is 0 Å². The molecule has 34 heavy (non-hydrogen) atoms. The number of allylic oxidation sites excluding steroid dienone is 1. The number of carbonyl (C=O) groups excluding carboxylic acids is 1. The second-order valence-corrected chi connectivity index (χ2v) is 10.0. The van der Waals surface area contributed by atoms with Crippen LogP contribution in [0.1, 0.15) is 49.7 Å². The Morgan fingerprint density at radius 2 is 2.06 bits per heavy atom. The number of benzene rings is 1. The smallest absolute Gasteiger partial charge is 0.234 e. The van der Waals surface area contributed by atoms with Gasteiger partial charge >= 0.3 is 0 Å². The maximum absolute atomic E-state index is 12.2. The van der Waals surface area contributed by atoms with E-state index >= 15 is 0 Å². The van der Waals surface area contributed by atoms with Gasteiger partial charge in [-0.15, -0.1) is 0 Å². The summed E-state index contributed by atoms with van der Waals surface area (Å²) in [7, 11) is 0. The quantitative estimate of drug-likeness (QED) is 0.620. The van der Waals surface area contributed by atoms with Crippen molar-refractivity contribution in [2.24, 2.45) is 11.7 Å². The lowest BCUT2D eigenvalue weighted by Crippen LogP contribution is -2.43. The third-order valence-electron chi connectivity index (χ3n) is 7.72. The zero-order valence-corrected chi connectivity index (χ0v) is 20.0. The third-order valence-corrected chi connectivity index (χ3v) is 7.72. The summed E-state index contributed by atoms with van der Waals surface area (Å²) in [4.78, 5) is 16.7. The number of ether oxygens (including phenoxy) is 2. The van der Waals surface area contributed by atoms with Gasteiger partial charge in [-0.25, -0.2) is 0 Å². The van der Waals surface area contributed by atoms with Gasteiger partial charge < -0.3 is 20.1 Å². The van der Waals surface area contributed by atoms with Gasteiger partial charge in [-0.3, -0.25) is 15.0 Å². The number of primary amides is 1. The van der Waals surface area contributed by atoms with E-state index in [-0.39, 0.29) is 18.1 Å². The molecule has 184 valence electrons. The van der Waals surface area contributed by atoms with Crippen LogP contribution in [0.4, 0.5) is 0 Å². The molecule has 1 saturated carbocycles.